The van der Waals surface area contributed by atoms with E-state index in [4.69, 9.17) is 120 Å². The van der Waals surface area contributed by atoms with Gasteiger partial charge in [0.15, 0.2) is 11.6 Å². The first-order valence-corrected chi connectivity index (χ1v) is 36.3. The molecule has 8 aromatic rings. The van der Waals surface area contributed by atoms with Gasteiger partial charge in [-0.05, 0) is 173 Å². The van der Waals surface area contributed by atoms with E-state index in [1.54, 1.807) is 50.2 Å². The van der Waals surface area contributed by atoms with Gasteiger partial charge in [-0.15, -0.1) is 16.9 Å². The molecule has 0 aliphatic rings. The largest absolute Gasteiger partial charge is 0.460 e. The first-order valence-electron chi connectivity index (χ1n) is 29.9. The van der Waals surface area contributed by atoms with E-state index in [0.717, 1.165) is 34.0 Å². The zero-order valence-corrected chi connectivity index (χ0v) is 66.4. The monoisotopic (exact) mass is 1630 g/mol. The molecular weight excluding hydrogens is 1550 g/mol. The summed E-state index contributed by atoms with van der Waals surface area (Å²) in [5, 5.41) is 54.3. The molecule has 0 unspecified atom stereocenters. The Kier molecular flexibility index (Phi) is 43.6. The maximum Gasteiger partial charge on any atom is 0.332 e. The number of alkyl halides is 1. The number of esters is 1. The Balaban J connectivity index is 0.000000589. The summed E-state index contributed by atoms with van der Waals surface area (Å²) in [5.41, 5.74) is 9.55. The number of H-pyrrole nitrogens is 1. The molecule has 528 valence electrons. The minimum absolute atomic E-state index is 0.167. The lowest BCUT2D eigenvalue weighted by Gasteiger charge is -2.10. The van der Waals surface area contributed by atoms with Gasteiger partial charge >= 0.3 is 5.97 Å². The number of thioether (sulfide) groups is 1. The van der Waals surface area contributed by atoms with Crippen molar-refractivity contribution < 1.29 is 9.53 Å². The van der Waals surface area contributed by atoms with Crippen LogP contribution in [0.15, 0.2) is 91.5 Å². The zero-order chi connectivity index (χ0) is 74.4. The maximum absolute atomic E-state index is 11.5. The van der Waals surface area contributed by atoms with E-state index in [1.807, 2.05) is 111 Å². The molecule has 0 saturated carbocycles. The van der Waals surface area contributed by atoms with Gasteiger partial charge in [0.05, 0.1) is 34.4 Å². The van der Waals surface area contributed by atoms with E-state index in [2.05, 4.69) is 125 Å². The minimum atomic E-state index is -0.433. The lowest BCUT2D eigenvalue weighted by Crippen LogP contribution is -2.14. The van der Waals surface area contributed by atoms with Gasteiger partial charge in [0.1, 0.15) is 82.8 Å². The van der Waals surface area contributed by atoms with Crippen LogP contribution in [-0.4, -0.2) is 123 Å². The molecule has 0 amide bonds. The number of ether oxygens (including phenoxy) is 1. The summed E-state index contributed by atoms with van der Waals surface area (Å²) in [6, 6.07) is 25.5. The van der Waals surface area contributed by atoms with Crippen LogP contribution in [0, 0.1) is 34.0 Å². The Morgan fingerprint density at radius 3 is 1.35 bits per heavy atom. The third-order valence-corrected chi connectivity index (χ3v) is 12.3. The molecule has 9 N–H and O–H groups in total. The van der Waals surface area contributed by atoms with Crippen molar-refractivity contribution in [3.05, 3.63) is 150 Å². The van der Waals surface area contributed by atoms with Crippen molar-refractivity contribution in [3.8, 4) is 34.9 Å². The summed E-state index contributed by atoms with van der Waals surface area (Å²) in [7, 11) is 0. The van der Waals surface area contributed by atoms with Gasteiger partial charge in [-0.25, -0.2) is 49.3 Å². The SMILES string of the molecule is CC(C)C.CC(C)Nc1cc(-c2ncn(/C=C\C(=O)OC(C)C)n2)cc(Cl)n1.CC(C)Nc1cc(-c2ncn[nH]2)cc(Cl)n1.CC(C)Nc1cc(C#N)cc(Cl)n1.CC(C)Nc1cc(C(N)=S)cc(Cl)n1.CI.CSC(=N)c1cc(Cl)nc(NC(C)C)c1.N#Cc1cc(Cl)nc(Cl)c1. The average Bonchev–Trinajstić information content (AvgIpc) is 1.65. The van der Waals surface area contributed by atoms with Crippen LogP contribution in [0.1, 0.15) is 126 Å². The van der Waals surface area contributed by atoms with Gasteiger partial charge in [-0.2, -0.15) is 15.6 Å². The normalized spacial score (nSPS) is 10.3. The van der Waals surface area contributed by atoms with E-state index in [1.165, 1.54) is 59.6 Å². The summed E-state index contributed by atoms with van der Waals surface area (Å²) in [5.74, 6) is 4.98. The van der Waals surface area contributed by atoms with Gasteiger partial charge in [0, 0.05) is 64.7 Å². The summed E-state index contributed by atoms with van der Waals surface area (Å²) in [4.78, 5) is 46.4. The first-order chi connectivity index (χ1) is 46.1. The number of carbonyl (C=O) groups is 1. The van der Waals surface area contributed by atoms with Crippen LogP contribution in [0.3, 0.4) is 0 Å². The van der Waals surface area contributed by atoms with Crippen LogP contribution in [0.5, 0.6) is 0 Å². The number of hydrogen-bond donors (Lipinski definition) is 8. The number of aromatic nitrogens is 12. The fourth-order valence-corrected chi connectivity index (χ4v) is 8.79. The van der Waals surface area contributed by atoms with Gasteiger partial charge in [-0.1, -0.05) is 137 Å². The summed E-state index contributed by atoms with van der Waals surface area (Å²) in [6.07, 6.45) is 7.43. The molecular formula is C65H83Cl7IN21O2S2. The highest BCUT2D eigenvalue weighted by molar-refractivity contribution is 14.1. The van der Waals surface area contributed by atoms with E-state index >= 15 is 0 Å². The second-order valence-electron chi connectivity index (χ2n) is 22.4. The second kappa shape index (κ2) is 47.9. The Bertz CT molecular complexity index is 3840. The van der Waals surface area contributed by atoms with E-state index < -0.39 is 5.97 Å². The number of nitriles is 2. The highest BCUT2D eigenvalue weighted by Crippen LogP contribution is 2.25. The minimum Gasteiger partial charge on any atom is -0.460 e. The molecule has 8 heterocycles. The van der Waals surface area contributed by atoms with Crippen molar-refractivity contribution >= 4 is 179 Å². The van der Waals surface area contributed by atoms with Gasteiger partial charge in [0.25, 0.3) is 0 Å². The number of hydrogen-bond acceptors (Lipinski definition) is 22. The van der Waals surface area contributed by atoms with Crippen molar-refractivity contribution in [2.75, 3.05) is 37.8 Å². The van der Waals surface area contributed by atoms with Crippen molar-refractivity contribution in [1.29, 1.82) is 15.9 Å². The molecule has 23 nitrogen and oxygen atoms in total. The van der Waals surface area contributed by atoms with Gasteiger partial charge < -0.3 is 37.1 Å². The number of halogens is 8. The zero-order valence-electron chi connectivity index (χ0n) is 57.3. The Morgan fingerprint density at radius 2 is 0.949 bits per heavy atom. The lowest BCUT2D eigenvalue weighted by atomic mass is 10.2. The predicted molar refractivity (Wildman–Crippen MR) is 421 cm³/mol. The van der Waals surface area contributed by atoms with Gasteiger partial charge in [-0.3, -0.25) is 10.5 Å². The number of pyridine rings is 6. The highest BCUT2D eigenvalue weighted by Gasteiger charge is 2.12. The number of nitrogens with one attached hydrogen (secondary N) is 7. The third-order valence-electron chi connectivity index (χ3n) is 10.1. The molecule has 0 aliphatic heterocycles. The first kappa shape index (κ1) is 89.1. The Hall–Kier alpha value is -6.96. The van der Waals surface area contributed by atoms with Crippen LogP contribution >= 0.6 is 128 Å². The smallest absolute Gasteiger partial charge is 0.332 e. The topological polar surface area (TPSA) is 334 Å². The molecule has 8 rings (SSSR count). The van der Waals surface area contributed by atoms with Crippen LogP contribution < -0.4 is 32.3 Å². The number of carbonyl (C=O) groups excluding carboxylic acids is 1. The van der Waals surface area contributed by atoms with Gasteiger partial charge in [0.2, 0.25) is 0 Å². The van der Waals surface area contributed by atoms with Crippen molar-refractivity contribution in [3.63, 3.8) is 0 Å². The highest BCUT2D eigenvalue weighted by atomic mass is 127. The number of rotatable bonds is 17. The molecule has 98 heavy (non-hydrogen) atoms. The molecule has 0 spiro atoms. The Labute approximate surface area is 633 Å². The summed E-state index contributed by atoms with van der Waals surface area (Å²) < 4.78 is 6.44. The van der Waals surface area contributed by atoms with Crippen molar-refractivity contribution in [2.45, 2.75) is 140 Å². The van der Waals surface area contributed by atoms with E-state index in [0.29, 0.717) is 100.0 Å². The van der Waals surface area contributed by atoms with Crippen molar-refractivity contribution in [2.24, 2.45) is 11.7 Å². The van der Waals surface area contributed by atoms with Crippen LogP contribution in [0.4, 0.5) is 29.1 Å². The number of anilines is 5. The number of thiocarbonyl (C=S) groups is 1. The molecule has 8 aromatic heterocycles. The summed E-state index contributed by atoms with van der Waals surface area (Å²) >= 11 is 48.7. The molecule has 0 aliphatic carbocycles. The number of aromatic amines is 1. The molecule has 0 bridgehead atoms. The molecule has 0 aromatic carbocycles. The number of nitrogens with zero attached hydrogens (tertiary/aromatic N) is 13. The fourth-order valence-electron chi connectivity index (χ4n) is 6.82. The van der Waals surface area contributed by atoms with Crippen LogP contribution in [-0.2, 0) is 9.53 Å². The number of nitrogens with two attached hydrogens (primary N) is 1. The third kappa shape index (κ3) is 39.6. The lowest BCUT2D eigenvalue weighted by molar-refractivity contribution is -0.141. The summed E-state index contributed by atoms with van der Waals surface area (Å²) in [6.45, 7) is 30.3. The standard InChI is InChI=1S/C16H20ClN5O2.C10H12ClN5.C10H14ClN3S.C9H12ClN3S.C9H10ClN3.C6H2Cl2N2.C4H10.CH3I/c1-10(2)19-14-8-12(7-13(17)20-14)16-18-9-22(21-16)6-5-15(23)24-11(3)4;1-6(2)14-9-4-7(3-8(11)15-9)10-12-5-13-16-10;1-6(2)13-9-5-7(10(12)15-3)4-8(11)14-9;1-5(2)12-8-4-6(9(11)14)3-7(10)13-8;1-6(2)12-9-4-7(5-11)3-8(10)13-9;7-5-1-4(3-9)2-6(8)10-5;1-4(2)3;1-2/h5-11H,1-4H3,(H,19,20);3-6H,1-2H3,(H,14,15)(H,12,13,16);4-6,12H,1-3H3,(H,13,14);3-5H,1-2H3,(H2,11,14)(H,12,13);3-4,6H,1-2H3,(H,12,13);1-2H;4H,1-3H3;1H3/b6-5-;;;;;;;. The molecule has 0 radical (unpaired) electrons. The molecule has 0 fully saturated rings. The Morgan fingerprint density at radius 1 is 0.582 bits per heavy atom. The van der Waals surface area contributed by atoms with Crippen molar-refractivity contribution in [1.82, 2.24) is 59.8 Å². The second-order valence-corrected chi connectivity index (χ2v) is 26.3. The van der Waals surface area contributed by atoms with Crippen LogP contribution in [0.25, 0.3) is 29.0 Å². The average molecular weight is 1630 g/mol. The fraction of sp³-hybridized carbons (Fsp3) is 0.369. The van der Waals surface area contributed by atoms with Crippen LogP contribution in [0.2, 0.25) is 36.1 Å². The van der Waals surface area contributed by atoms with E-state index in [-0.39, 0.29) is 28.5 Å². The molecule has 0 atom stereocenters. The molecule has 0 saturated heterocycles. The maximum atomic E-state index is 11.5. The predicted octanol–water partition coefficient (Wildman–Crippen LogP) is 18.4. The quantitative estimate of drug-likeness (QED) is 0.00613. The molecule has 33 heteroatoms. The van der Waals surface area contributed by atoms with E-state index in [9.17, 15) is 4.79 Å².